The van der Waals surface area contributed by atoms with Crippen LogP contribution in [0.2, 0.25) is 0 Å². The number of anilines is 1. The molecular formula is C23H18N4O2. The second-order valence-corrected chi connectivity index (χ2v) is 6.51. The molecule has 0 spiro atoms. The molecule has 4 aromatic rings. The van der Waals surface area contributed by atoms with Gasteiger partial charge in [0.25, 0.3) is 0 Å². The Morgan fingerprint density at radius 1 is 0.966 bits per heavy atom. The first-order chi connectivity index (χ1) is 14.1. The molecule has 6 nitrogen and oxygen atoms in total. The molecule has 142 valence electrons. The summed E-state index contributed by atoms with van der Waals surface area (Å²) in [5.74, 6) is -0.723. The Kier molecular flexibility index (Phi) is 4.90. The Bertz CT molecular complexity index is 1230. The summed E-state index contributed by atoms with van der Waals surface area (Å²) < 4.78 is 0. The lowest BCUT2D eigenvalue weighted by Crippen LogP contribution is -2.10. The number of nitrogens with two attached hydrogens (primary N) is 1. The number of nitrogens with zero attached hydrogens (tertiary/aromatic N) is 1. The van der Waals surface area contributed by atoms with Gasteiger partial charge in [0.05, 0.1) is 11.2 Å². The maximum atomic E-state index is 12.2. The molecule has 0 bridgehead atoms. The van der Waals surface area contributed by atoms with Crippen LogP contribution < -0.4 is 11.1 Å². The minimum Gasteiger partial charge on any atom is -0.366 e. The molecule has 0 unspecified atom stereocenters. The van der Waals surface area contributed by atoms with E-state index < -0.39 is 5.91 Å². The second-order valence-electron chi connectivity index (χ2n) is 6.51. The summed E-state index contributed by atoms with van der Waals surface area (Å²) in [5, 5.41) is 10.9. The van der Waals surface area contributed by atoms with Gasteiger partial charge in [-0.1, -0.05) is 42.5 Å². The van der Waals surface area contributed by atoms with Crippen molar-refractivity contribution in [3.63, 3.8) is 0 Å². The monoisotopic (exact) mass is 382 g/mol. The van der Waals surface area contributed by atoms with E-state index in [-0.39, 0.29) is 5.91 Å². The molecule has 0 saturated heterocycles. The molecule has 1 aromatic heterocycles. The van der Waals surface area contributed by atoms with Crippen molar-refractivity contribution in [3.05, 3.63) is 90.0 Å². The summed E-state index contributed by atoms with van der Waals surface area (Å²) in [6.07, 6.45) is 3.25. The Hall–Kier alpha value is -4.19. The van der Waals surface area contributed by atoms with Gasteiger partial charge in [-0.3, -0.25) is 14.7 Å². The van der Waals surface area contributed by atoms with Crippen LogP contribution in [-0.4, -0.2) is 22.0 Å². The third-order valence-corrected chi connectivity index (χ3v) is 4.48. The molecule has 1 heterocycles. The molecule has 29 heavy (non-hydrogen) atoms. The molecule has 2 amide bonds. The first-order valence-electron chi connectivity index (χ1n) is 9.02. The number of amides is 2. The van der Waals surface area contributed by atoms with Gasteiger partial charge in [-0.05, 0) is 42.0 Å². The Balaban J connectivity index is 1.58. The van der Waals surface area contributed by atoms with E-state index in [1.165, 1.54) is 6.08 Å². The van der Waals surface area contributed by atoms with Crippen molar-refractivity contribution in [2.45, 2.75) is 0 Å². The highest BCUT2D eigenvalue weighted by Gasteiger charge is 2.11. The second kappa shape index (κ2) is 7.82. The lowest BCUT2D eigenvalue weighted by atomic mass is 10.0. The number of carbonyl (C=O) groups is 2. The summed E-state index contributed by atoms with van der Waals surface area (Å²) in [4.78, 5) is 23.7. The van der Waals surface area contributed by atoms with Gasteiger partial charge in [-0.25, -0.2) is 0 Å². The van der Waals surface area contributed by atoms with Gasteiger partial charge >= 0.3 is 0 Å². The predicted molar refractivity (Wildman–Crippen MR) is 114 cm³/mol. The van der Waals surface area contributed by atoms with Crippen LogP contribution in [0.1, 0.15) is 15.9 Å². The maximum absolute atomic E-state index is 12.2. The highest BCUT2D eigenvalue weighted by atomic mass is 16.1. The number of nitrogens with one attached hydrogen (secondary N) is 2. The summed E-state index contributed by atoms with van der Waals surface area (Å²) in [6, 6.07) is 22.1. The normalized spacial score (nSPS) is 11.0. The van der Waals surface area contributed by atoms with Crippen molar-refractivity contribution in [2.24, 2.45) is 5.73 Å². The molecule has 6 heteroatoms. The summed E-state index contributed by atoms with van der Waals surface area (Å²) in [7, 11) is 0. The molecule has 3 aromatic carbocycles. The Morgan fingerprint density at radius 3 is 2.59 bits per heavy atom. The minimum atomic E-state index is -0.495. The molecule has 0 aliphatic rings. The number of primary amides is 1. The fraction of sp³-hybridized carbons (Fsp3) is 0. The molecule has 4 rings (SSSR count). The first kappa shape index (κ1) is 18.2. The molecule has 4 N–H and O–H groups in total. The van der Waals surface area contributed by atoms with E-state index in [0.717, 1.165) is 22.0 Å². The SMILES string of the molecule is NC(=O)c1ccc2[nH]nc(-c3cccc(NC(=O)C=Cc4ccccc4)c3)c2c1. The zero-order valence-corrected chi connectivity index (χ0v) is 15.4. The van der Waals surface area contributed by atoms with E-state index in [9.17, 15) is 9.59 Å². The molecule has 0 saturated carbocycles. The third-order valence-electron chi connectivity index (χ3n) is 4.48. The number of benzene rings is 3. The maximum Gasteiger partial charge on any atom is 0.248 e. The minimum absolute atomic E-state index is 0.228. The number of hydrogen-bond acceptors (Lipinski definition) is 3. The third kappa shape index (κ3) is 4.06. The standard InChI is InChI=1S/C23H18N4O2/c24-23(29)17-10-11-20-19(14-17)22(27-26-20)16-7-4-8-18(13-16)25-21(28)12-9-15-5-2-1-3-6-15/h1-14H,(H2,24,29)(H,25,28)(H,26,27). The number of fused-ring (bicyclic) bond motifs is 1. The van der Waals surface area contributed by atoms with E-state index in [1.807, 2.05) is 48.5 Å². The quantitative estimate of drug-likeness (QED) is 0.455. The van der Waals surface area contributed by atoms with E-state index >= 15 is 0 Å². The van der Waals surface area contributed by atoms with Crippen LogP contribution in [-0.2, 0) is 4.79 Å². The van der Waals surface area contributed by atoms with Crippen molar-refractivity contribution < 1.29 is 9.59 Å². The lowest BCUT2D eigenvalue weighted by Gasteiger charge is -2.05. The summed E-state index contributed by atoms with van der Waals surface area (Å²) in [6.45, 7) is 0. The number of aromatic nitrogens is 2. The molecular weight excluding hydrogens is 364 g/mol. The summed E-state index contributed by atoms with van der Waals surface area (Å²) in [5.41, 5.74) is 9.68. The first-order valence-corrected chi connectivity index (χ1v) is 9.02. The fourth-order valence-electron chi connectivity index (χ4n) is 3.05. The average Bonchev–Trinajstić information content (AvgIpc) is 3.16. The van der Waals surface area contributed by atoms with Crippen molar-refractivity contribution in [3.8, 4) is 11.3 Å². The Labute approximate surface area is 167 Å². The smallest absolute Gasteiger partial charge is 0.248 e. The summed E-state index contributed by atoms with van der Waals surface area (Å²) >= 11 is 0. The van der Waals surface area contributed by atoms with Gasteiger partial charge < -0.3 is 11.1 Å². The average molecular weight is 382 g/mol. The fourth-order valence-corrected chi connectivity index (χ4v) is 3.05. The van der Waals surface area contributed by atoms with Crippen LogP contribution in [0.25, 0.3) is 28.2 Å². The molecule has 0 aliphatic heterocycles. The van der Waals surface area contributed by atoms with Crippen LogP contribution in [0, 0.1) is 0 Å². The van der Waals surface area contributed by atoms with Gasteiger partial charge in [0.2, 0.25) is 11.8 Å². The number of aromatic amines is 1. The van der Waals surface area contributed by atoms with Gasteiger partial charge in [0.1, 0.15) is 0 Å². The van der Waals surface area contributed by atoms with Crippen molar-refractivity contribution in [1.29, 1.82) is 0 Å². The predicted octanol–water partition coefficient (Wildman–Crippen LogP) is 3.98. The lowest BCUT2D eigenvalue weighted by molar-refractivity contribution is -0.111. The molecule has 0 radical (unpaired) electrons. The Morgan fingerprint density at radius 2 is 1.79 bits per heavy atom. The molecule has 0 atom stereocenters. The molecule has 0 aliphatic carbocycles. The van der Waals surface area contributed by atoms with Crippen LogP contribution in [0.15, 0.2) is 78.9 Å². The van der Waals surface area contributed by atoms with Crippen molar-refractivity contribution in [2.75, 3.05) is 5.32 Å². The van der Waals surface area contributed by atoms with E-state index in [1.54, 1.807) is 30.3 Å². The van der Waals surface area contributed by atoms with Gasteiger partial charge in [-0.15, -0.1) is 0 Å². The van der Waals surface area contributed by atoms with Gasteiger partial charge in [0, 0.05) is 28.3 Å². The van der Waals surface area contributed by atoms with Crippen molar-refractivity contribution >= 4 is 34.5 Å². The topological polar surface area (TPSA) is 101 Å². The van der Waals surface area contributed by atoms with E-state index in [4.69, 9.17) is 5.73 Å². The van der Waals surface area contributed by atoms with Crippen molar-refractivity contribution in [1.82, 2.24) is 10.2 Å². The van der Waals surface area contributed by atoms with Gasteiger partial charge in [-0.2, -0.15) is 5.10 Å². The largest absolute Gasteiger partial charge is 0.366 e. The number of H-pyrrole nitrogens is 1. The van der Waals surface area contributed by atoms with Crippen LogP contribution in [0.3, 0.4) is 0 Å². The number of carbonyl (C=O) groups excluding carboxylic acids is 2. The molecule has 0 fully saturated rings. The van der Waals surface area contributed by atoms with E-state index in [0.29, 0.717) is 16.9 Å². The number of rotatable bonds is 5. The number of hydrogen-bond donors (Lipinski definition) is 3. The highest BCUT2D eigenvalue weighted by Crippen LogP contribution is 2.28. The zero-order valence-electron chi connectivity index (χ0n) is 15.4. The highest BCUT2D eigenvalue weighted by molar-refractivity contribution is 6.03. The van der Waals surface area contributed by atoms with Crippen LogP contribution >= 0.6 is 0 Å². The van der Waals surface area contributed by atoms with Gasteiger partial charge in [0.15, 0.2) is 0 Å². The van der Waals surface area contributed by atoms with Crippen LogP contribution in [0.5, 0.6) is 0 Å². The zero-order chi connectivity index (χ0) is 20.2. The van der Waals surface area contributed by atoms with Crippen LogP contribution in [0.4, 0.5) is 5.69 Å². The van der Waals surface area contributed by atoms with E-state index in [2.05, 4.69) is 15.5 Å².